The van der Waals surface area contributed by atoms with Gasteiger partial charge in [0.05, 0.1) is 9.85 Å². The maximum Gasteiger partial charge on any atom is 0.346 e. The van der Waals surface area contributed by atoms with Gasteiger partial charge in [-0.15, -0.1) is 0 Å². The second-order valence-corrected chi connectivity index (χ2v) is 4.37. The van der Waals surface area contributed by atoms with Crippen LogP contribution >= 0.6 is 0 Å². The average Bonchev–Trinajstić information content (AvgIpc) is 2.53. The van der Waals surface area contributed by atoms with Crippen LogP contribution in [0.15, 0.2) is 42.5 Å². The van der Waals surface area contributed by atoms with E-state index in [9.17, 15) is 25.0 Å². The van der Waals surface area contributed by atoms with E-state index >= 15 is 0 Å². The Morgan fingerprint density at radius 1 is 0.909 bits per heavy atom. The van der Waals surface area contributed by atoms with E-state index in [-0.39, 0.29) is 5.56 Å². The van der Waals surface area contributed by atoms with Crippen molar-refractivity contribution in [1.29, 1.82) is 0 Å². The van der Waals surface area contributed by atoms with Crippen LogP contribution in [0.1, 0.15) is 15.9 Å². The van der Waals surface area contributed by atoms with Gasteiger partial charge >= 0.3 is 11.4 Å². The molecule has 0 aromatic heterocycles. The van der Waals surface area contributed by atoms with Crippen LogP contribution in [-0.4, -0.2) is 22.7 Å². The molecule has 112 valence electrons. The van der Waals surface area contributed by atoms with Gasteiger partial charge in [-0.25, -0.2) is 0 Å². The summed E-state index contributed by atoms with van der Waals surface area (Å²) in [6.07, 6.45) is 0. The lowest BCUT2D eigenvalue weighted by Gasteiger charge is -2.04. The second-order valence-electron chi connectivity index (χ2n) is 4.37. The highest BCUT2D eigenvalue weighted by Gasteiger charge is 2.25. The van der Waals surface area contributed by atoms with Gasteiger partial charge in [-0.3, -0.25) is 25.0 Å². The van der Waals surface area contributed by atoms with Crippen molar-refractivity contribution >= 4 is 22.8 Å². The van der Waals surface area contributed by atoms with Crippen molar-refractivity contribution < 1.29 is 14.6 Å². The van der Waals surface area contributed by atoms with Crippen LogP contribution in [-0.2, 0) is 0 Å². The zero-order chi connectivity index (χ0) is 16.3. The molecule has 1 N–H and O–H groups in total. The third-order valence-corrected chi connectivity index (χ3v) is 3.07. The fraction of sp³-hybridized carbons (Fsp3) is 0.0714. The maximum absolute atomic E-state index is 12.3. The highest BCUT2D eigenvalue weighted by molar-refractivity contribution is 6.09. The zero-order valence-electron chi connectivity index (χ0n) is 11.5. The van der Waals surface area contributed by atoms with E-state index in [1.54, 1.807) is 31.3 Å². The van der Waals surface area contributed by atoms with Crippen molar-refractivity contribution in [3.05, 3.63) is 73.8 Å². The number of anilines is 1. The summed E-state index contributed by atoms with van der Waals surface area (Å²) in [6, 6.07) is 9.61. The summed E-state index contributed by atoms with van der Waals surface area (Å²) in [4.78, 5) is 32.2. The number of nitrogens with zero attached hydrogens (tertiary/aromatic N) is 2. The quantitative estimate of drug-likeness (QED) is 0.515. The summed E-state index contributed by atoms with van der Waals surface area (Å²) in [5, 5.41) is 24.6. The number of rotatable bonds is 5. The number of benzene rings is 2. The molecular weight excluding hydrogens is 290 g/mol. The Morgan fingerprint density at radius 2 is 1.45 bits per heavy atom. The van der Waals surface area contributed by atoms with Crippen LogP contribution in [0.2, 0.25) is 0 Å². The Labute approximate surface area is 124 Å². The van der Waals surface area contributed by atoms with Crippen molar-refractivity contribution in [2.45, 2.75) is 0 Å². The topological polar surface area (TPSA) is 115 Å². The molecule has 0 radical (unpaired) electrons. The number of nitro benzene ring substituents is 2. The first-order valence-corrected chi connectivity index (χ1v) is 6.19. The Balaban J connectivity index is 2.43. The minimum atomic E-state index is -0.876. The summed E-state index contributed by atoms with van der Waals surface area (Å²) < 4.78 is 0. The molecule has 0 fully saturated rings. The van der Waals surface area contributed by atoms with E-state index in [0.29, 0.717) is 5.56 Å². The summed E-state index contributed by atoms with van der Waals surface area (Å²) in [7, 11) is 1.73. The van der Waals surface area contributed by atoms with Gasteiger partial charge in [0.25, 0.3) is 0 Å². The molecule has 0 saturated heterocycles. The van der Waals surface area contributed by atoms with Crippen molar-refractivity contribution in [1.82, 2.24) is 0 Å². The first-order valence-electron chi connectivity index (χ1n) is 6.19. The molecular formula is C14H11N3O5. The van der Waals surface area contributed by atoms with E-state index < -0.39 is 27.0 Å². The molecule has 8 nitrogen and oxygen atoms in total. The van der Waals surface area contributed by atoms with Crippen LogP contribution < -0.4 is 5.32 Å². The monoisotopic (exact) mass is 301 g/mol. The molecule has 0 aliphatic carbocycles. The van der Waals surface area contributed by atoms with Crippen LogP contribution in [0, 0.1) is 20.2 Å². The molecule has 22 heavy (non-hydrogen) atoms. The minimum Gasteiger partial charge on any atom is -0.388 e. The molecule has 8 heteroatoms. The fourth-order valence-corrected chi connectivity index (χ4v) is 1.92. The molecule has 0 heterocycles. The number of nitro groups is 2. The number of carbonyl (C=O) groups is 1. The SMILES string of the molecule is CNc1ccc(C(=O)c2ccc([N+](=O)[O-])c([N+](=O)[O-])c2)cc1. The summed E-state index contributed by atoms with van der Waals surface area (Å²) in [5.74, 6) is -0.444. The van der Waals surface area contributed by atoms with E-state index in [1.807, 2.05) is 0 Å². The molecule has 0 saturated carbocycles. The Hall–Kier alpha value is -3.29. The highest BCUT2D eigenvalue weighted by Crippen LogP contribution is 2.28. The van der Waals surface area contributed by atoms with Gasteiger partial charge in [-0.05, 0) is 30.3 Å². The second kappa shape index (κ2) is 6.00. The van der Waals surface area contributed by atoms with Crippen molar-refractivity contribution in [2.24, 2.45) is 0 Å². The van der Waals surface area contributed by atoms with Gasteiger partial charge in [0.2, 0.25) is 0 Å². The highest BCUT2D eigenvalue weighted by atomic mass is 16.6. The molecule has 0 bridgehead atoms. The minimum absolute atomic E-state index is 0.0227. The van der Waals surface area contributed by atoms with Crippen molar-refractivity contribution in [3.8, 4) is 0 Å². The van der Waals surface area contributed by atoms with Gasteiger partial charge in [-0.1, -0.05) is 0 Å². The number of nitrogens with one attached hydrogen (secondary N) is 1. The van der Waals surface area contributed by atoms with Crippen molar-refractivity contribution in [3.63, 3.8) is 0 Å². The smallest absolute Gasteiger partial charge is 0.346 e. The predicted octanol–water partition coefficient (Wildman–Crippen LogP) is 2.78. The summed E-state index contributed by atoms with van der Waals surface area (Å²) in [5.41, 5.74) is -0.183. The largest absolute Gasteiger partial charge is 0.388 e. The third kappa shape index (κ3) is 2.90. The van der Waals surface area contributed by atoms with Gasteiger partial charge in [0, 0.05) is 36.0 Å². The Kier molecular flexibility index (Phi) is 4.12. The molecule has 0 spiro atoms. The summed E-state index contributed by atoms with van der Waals surface area (Å²) >= 11 is 0. The lowest BCUT2D eigenvalue weighted by atomic mass is 10.0. The standard InChI is InChI=1S/C14H11N3O5/c1-15-11-5-2-9(3-6-11)14(18)10-4-7-12(16(19)20)13(8-10)17(21)22/h2-8,15H,1H3. The number of ketones is 1. The molecule has 2 rings (SSSR count). The molecule has 0 aliphatic heterocycles. The lowest BCUT2D eigenvalue weighted by Crippen LogP contribution is -2.04. The van der Waals surface area contributed by atoms with Gasteiger partial charge < -0.3 is 5.32 Å². The maximum atomic E-state index is 12.3. The molecule has 2 aromatic rings. The summed E-state index contributed by atoms with van der Waals surface area (Å²) in [6.45, 7) is 0. The molecule has 0 aliphatic rings. The molecule has 0 atom stereocenters. The molecule has 2 aromatic carbocycles. The first-order chi connectivity index (χ1) is 10.4. The Bertz CT molecular complexity index is 756. The molecule has 0 unspecified atom stereocenters. The number of carbonyl (C=O) groups excluding carboxylic acids is 1. The molecule has 0 amide bonds. The van der Waals surface area contributed by atoms with Crippen LogP contribution in [0.25, 0.3) is 0 Å². The average molecular weight is 301 g/mol. The van der Waals surface area contributed by atoms with Gasteiger partial charge in [0.15, 0.2) is 5.78 Å². The van der Waals surface area contributed by atoms with E-state index in [1.165, 1.54) is 6.07 Å². The first kappa shape index (κ1) is 15.1. The van der Waals surface area contributed by atoms with Crippen molar-refractivity contribution in [2.75, 3.05) is 12.4 Å². The number of hydrogen-bond acceptors (Lipinski definition) is 6. The zero-order valence-corrected chi connectivity index (χ0v) is 11.5. The van der Waals surface area contributed by atoms with Crippen LogP contribution in [0.3, 0.4) is 0 Å². The van der Waals surface area contributed by atoms with Crippen LogP contribution in [0.5, 0.6) is 0 Å². The fourth-order valence-electron chi connectivity index (χ4n) is 1.92. The third-order valence-electron chi connectivity index (χ3n) is 3.07. The van der Waals surface area contributed by atoms with E-state index in [0.717, 1.165) is 17.8 Å². The van der Waals surface area contributed by atoms with Crippen LogP contribution in [0.4, 0.5) is 17.1 Å². The van der Waals surface area contributed by atoms with Gasteiger partial charge in [-0.2, -0.15) is 0 Å². The number of hydrogen-bond donors (Lipinski definition) is 1. The van der Waals surface area contributed by atoms with E-state index in [4.69, 9.17) is 0 Å². The van der Waals surface area contributed by atoms with Gasteiger partial charge in [0.1, 0.15) is 0 Å². The normalized spacial score (nSPS) is 10.0. The lowest BCUT2D eigenvalue weighted by molar-refractivity contribution is -0.422. The predicted molar refractivity (Wildman–Crippen MR) is 79.2 cm³/mol. The van der Waals surface area contributed by atoms with E-state index in [2.05, 4.69) is 5.32 Å². The Morgan fingerprint density at radius 3 is 1.95 bits per heavy atom.